The third-order valence-corrected chi connectivity index (χ3v) is 3.64. The smallest absolute Gasteiger partial charge is 0.128 e. The highest BCUT2D eigenvalue weighted by atomic mass is 15.4. The summed E-state index contributed by atoms with van der Waals surface area (Å²) in [6.45, 7) is 6.43. The van der Waals surface area contributed by atoms with Crippen LogP contribution in [0.4, 0.5) is 0 Å². The normalized spacial score (nSPS) is 35.3. The van der Waals surface area contributed by atoms with Gasteiger partial charge in [0.05, 0.1) is 40.8 Å². The van der Waals surface area contributed by atoms with Crippen molar-refractivity contribution in [3.8, 4) is 0 Å². The molecule has 78 valence electrons. The van der Waals surface area contributed by atoms with Crippen molar-refractivity contribution < 1.29 is 8.97 Å². The van der Waals surface area contributed by atoms with Crippen LogP contribution in [0.3, 0.4) is 0 Å². The standard InChI is InChI=1S/C11H26N2/c1-11-7-6-8-13(11,5)10-9-12(2,3)4/h11H,6-10H2,1-5H3/q+2. The molecule has 2 atom stereocenters. The highest BCUT2D eigenvalue weighted by molar-refractivity contribution is 4.61. The van der Waals surface area contributed by atoms with Crippen LogP contribution < -0.4 is 0 Å². The maximum atomic E-state index is 2.42. The van der Waals surface area contributed by atoms with Gasteiger partial charge in [-0.05, 0) is 6.92 Å². The predicted molar refractivity (Wildman–Crippen MR) is 57.5 cm³/mol. The molecule has 0 aromatic carbocycles. The SMILES string of the molecule is CC1CCC[N+]1(C)CC[N+](C)(C)C. The van der Waals surface area contributed by atoms with Crippen molar-refractivity contribution in [1.29, 1.82) is 0 Å². The molecule has 0 aromatic heterocycles. The van der Waals surface area contributed by atoms with Gasteiger partial charge in [-0.3, -0.25) is 0 Å². The second kappa shape index (κ2) is 3.58. The van der Waals surface area contributed by atoms with Crippen molar-refractivity contribution in [2.45, 2.75) is 25.8 Å². The van der Waals surface area contributed by atoms with Crippen LogP contribution in [0.25, 0.3) is 0 Å². The Morgan fingerprint density at radius 3 is 2.31 bits per heavy atom. The van der Waals surface area contributed by atoms with E-state index >= 15 is 0 Å². The lowest BCUT2D eigenvalue weighted by Crippen LogP contribution is -2.53. The Bertz CT molecular complexity index is 171. The molecule has 0 saturated carbocycles. The number of hydrogen-bond donors (Lipinski definition) is 0. The summed E-state index contributed by atoms with van der Waals surface area (Å²) in [5, 5.41) is 0. The van der Waals surface area contributed by atoms with E-state index in [2.05, 4.69) is 35.1 Å². The molecule has 1 rings (SSSR count). The topological polar surface area (TPSA) is 0 Å². The van der Waals surface area contributed by atoms with Crippen molar-refractivity contribution in [3.63, 3.8) is 0 Å². The molecule has 2 unspecified atom stereocenters. The first-order valence-electron chi connectivity index (χ1n) is 5.48. The highest BCUT2D eigenvalue weighted by Gasteiger charge is 2.35. The first-order valence-corrected chi connectivity index (χ1v) is 5.48. The van der Waals surface area contributed by atoms with Crippen LogP contribution in [-0.4, -0.2) is 62.8 Å². The van der Waals surface area contributed by atoms with Gasteiger partial charge in [-0.2, -0.15) is 0 Å². The molecule has 0 N–H and O–H groups in total. The molecule has 2 nitrogen and oxygen atoms in total. The Balaban J connectivity index is 2.43. The molecule has 0 amide bonds. The summed E-state index contributed by atoms with van der Waals surface area (Å²) >= 11 is 0. The molecule has 0 radical (unpaired) electrons. The molecular weight excluding hydrogens is 160 g/mol. The minimum Gasteiger partial charge on any atom is -0.326 e. The number of hydrogen-bond acceptors (Lipinski definition) is 0. The van der Waals surface area contributed by atoms with Gasteiger partial charge in [-0.25, -0.2) is 0 Å². The van der Waals surface area contributed by atoms with Gasteiger partial charge in [-0.15, -0.1) is 0 Å². The lowest BCUT2D eigenvalue weighted by molar-refractivity contribution is -0.954. The van der Waals surface area contributed by atoms with E-state index in [-0.39, 0.29) is 0 Å². The quantitative estimate of drug-likeness (QED) is 0.583. The first kappa shape index (κ1) is 11.0. The number of likely N-dealkylation sites (tertiary alicyclic amines) is 1. The largest absolute Gasteiger partial charge is 0.326 e. The van der Waals surface area contributed by atoms with E-state index < -0.39 is 0 Å². The van der Waals surface area contributed by atoms with Crippen LogP contribution in [0.5, 0.6) is 0 Å². The van der Waals surface area contributed by atoms with Crippen molar-refractivity contribution >= 4 is 0 Å². The average molecular weight is 186 g/mol. The van der Waals surface area contributed by atoms with Crippen LogP contribution in [0, 0.1) is 0 Å². The van der Waals surface area contributed by atoms with E-state index in [0.29, 0.717) is 0 Å². The molecule has 1 heterocycles. The molecule has 2 heteroatoms. The second-order valence-electron chi connectivity index (χ2n) is 5.93. The number of nitrogens with zero attached hydrogens (tertiary/aromatic N) is 2. The van der Waals surface area contributed by atoms with Gasteiger partial charge in [0.1, 0.15) is 13.1 Å². The van der Waals surface area contributed by atoms with Gasteiger partial charge in [0.2, 0.25) is 0 Å². The monoisotopic (exact) mass is 186 g/mol. The summed E-state index contributed by atoms with van der Waals surface area (Å²) in [6, 6.07) is 0.881. The zero-order valence-electron chi connectivity index (χ0n) is 10.0. The van der Waals surface area contributed by atoms with E-state index in [0.717, 1.165) is 10.5 Å². The fourth-order valence-electron chi connectivity index (χ4n) is 2.14. The summed E-state index contributed by atoms with van der Waals surface area (Å²) in [5.41, 5.74) is 0. The Labute approximate surface area is 83.3 Å². The molecule has 0 aliphatic carbocycles. The zero-order valence-corrected chi connectivity index (χ0v) is 10.0. The van der Waals surface area contributed by atoms with Crippen LogP contribution in [0.15, 0.2) is 0 Å². The molecule has 1 aliphatic heterocycles. The van der Waals surface area contributed by atoms with Crippen LogP contribution in [0.1, 0.15) is 19.8 Å². The van der Waals surface area contributed by atoms with Gasteiger partial charge in [0, 0.05) is 12.8 Å². The Kier molecular flexibility index (Phi) is 3.03. The van der Waals surface area contributed by atoms with Gasteiger partial charge >= 0.3 is 0 Å². The molecule has 0 spiro atoms. The average Bonchev–Trinajstić information content (AvgIpc) is 2.29. The summed E-state index contributed by atoms with van der Waals surface area (Å²) < 4.78 is 2.40. The lowest BCUT2D eigenvalue weighted by atomic mass is 10.2. The van der Waals surface area contributed by atoms with Crippen LogP contribution in [-0.2, 0) is 0 Å². The Morgan fingerprint density at radius 2 is 1.92 bits per heavy atom. The fourth-order valence-corrected chi connectivity index (χ4v) is 2.14. The van der Waals surface area contributed by atoms with E-state index in [1.807, 2.05) is 0 Å². The Hall–Kier alpha value is -0.0800. The fraction of sp³-hybridized carbons (Fsp3) is 1.00. The third-order valence-electron chi connectivity index (χ3n) is 3.64. The van der Waals surface area contributed by atoms with Gasteiger partial charge in [-0.1, -0.05) is 0 Å². The van der Waals surface area contributed by atoms with E-state index in [1.54, 1.807) is 0 Å². The van der Waals surface area contributed by atoms with Crippen molar-refractivity contribution in [2.24, 2.45) is 0 Å². The van der Waals surface area contributed by atoms with Crippen LogP contribution in [0.2, 0.25) is 0 Å². The lowest BCUT2D eigenvalue weighted by Gasteiger charge is -2.36. The number of likely N-dealkylation sites (N-methyl/N-ethyl adjacent to an activating group) is 2. The zero-order chi connectivity index (χ0) is 10.1. The molecule has 1 saturated heterocycles. The first-order chi connectivity index (χ1) is 5.83. The molecule has 13 heavy (non-hydrogen) atoms. The summed E-state index contributed by atoms with van der Waals surface area (Å²) in [7, 11) is 9.28. The second-order valence-corrected chi connectivity index (χ2v) is 5.93. The van der Waals surface area contributed by atoms with Crippen molar-refractivity contribution in [3.05, 3.63) is 0 Å². The number of rotatable bonds is 3. The van der Waals surface area contributed by atoms with E-state index in [9.17, 15) is 0 Å². The van der Waals surface area contributed by atoms with Gasteiger partial charge in [0.25, 0.3) is 0 Å². The third kappa shape index (κ3) is 2.96. The molecule has 0 aromatic rings. The van der Waals surface area contributed by atoms with Gasteiger partial charge < -0.3 is 8.97 Å². The molecule has 1 aliphatic rings. The summed E-state index contributed by atoms with van der Waals surface area (Å²) in [5.74, 6) is 0. The van der Waals surface area contributed by atoms with E-state index in [4.69, 9.17) is 0 Å². The summed E-state index contributed by atoms with van der Waals surface area (Å²) in [6.07, 6.45) is 2.85. The number of quaternary nitrogens is 2. The van der Waals surface area contributed by atoms with Crippen molar-refractivity contribution in [1.82, 2.24) is 0 Å². The minimum absolute atomic E-state index is 0.881. The maximum absolute atomic E-state index is 2.42. The van der Waals surface area contributed by atoms with Crippen molar-refractivity contribution in [2.75, 3.05) is 47.8 Å². The molecular formula is C11H26N2+2. The van der Waals surface area contributed by atoms with E-state index in [1.165, 1.54) is 37.0 Å². The maximum Gasteiger partial charge on any atom is 0.128 e. The van der Waals surface area contributed by atoms with Gasteiger partial charge in [0.15, 0.2) is 0 Å². The predicted octanol–water partition coefficient (Wildman–Crippen LogP) is 1.32. The highest BCUT2D eigenvalue weighted by Crippen LogP contribution is 2.23. The summed E-state index contributed by atoms with van der Waals surface area (Å²) in [4.78, 5) is 0. The molecule has 1 fully saturated rings. The molecule has 0 bridgehead atoms. The minimum atomic E-state index is 0.881. The van der Waals surface area contributed by atoms with Crippen LogP contribution >= 0.6 is 0 Å². The Morgan fingerprint density at radius 1 is 1.31 bits per heavy atom.